The molecule has 0 saturated carbocycles. The standard InChI is InChI=1S/C8H19O3P.B/c1-3-5-7-10-12(9)11-8-6-4-2;/h9H,3-8H2,1-2H3;. The van der Waals surface area contributed by atoms with Gasteiger partial charge in [0.15, 0.2) is 0 Å². The zero-order chi connectivity index (χ0) is 9.23. The van der Waals surface area contributed by atoms with Gasteiger partial charge >= 0.3 is 8.60 Å². The van der Waals surface area contributed by atoms with E-state index in [1.165, 1.54) is 0 Å². The van der Waals surface area contributed by atoms with Crippen LogP contribution < -0.4 is 0 Å². The minimum atomic E-state index is -1.60. The van der Waals surface area contributed by atoms with E-state index < -0.39 is 8.60 Å². The molecule has 0 aliphatic rings. The number of unbranched alkanes of at least 4 members (excludes halogenated alkanes) is 2. The molecular weight excluding hydrogens is 186 g/mol. The summed E-state index contributed by atoms with van der Waals surface area (Å²) in [5, 5.41) is 0. The van der Waals surface area contributed by atoms with E-state index in [2.05, 4.69) is 13.8 Å². The summed E-state index contributed by atoms with van der Waals surface area (Å²) in [7, 11) is -1.60. The van der Waals surface area contributed by atoms with Crippen LogP contribution in [-0.2, 0) is 9.05 Å². The summed E-state index contributed by atoms with van der Waals surface area (Å²) in [4.78, 5) is 9.12. The van der Waals surface area contributed by atoms with Crippen LogP contribution in [0.3, 0.4) is 0 Å². The van der Waals surface area contributed by atoms with Crippen LogP contribution in [0.15, 0.2) is 0 Å². The highest BCUT2D eigenvalue weighted by atomic mass is 31.2. The van der Waals surface area contributed by atoms with Crippen LogP contribution in [0.4, 0.5) is 0 Å². The lowest BCUT2D eigenvalue weighted by Gasteiger charge is -2.09. The highest BCUT2D eigenvalue weighted by Gasteiger charge is 2.04. The second kappa shape index (κ2) is 12.4. The molecular formula is C8H19BO3P. The molecule has 13 heavy (non-hydrogen) atoms. The molecule has 1 N–H and O–H groups in total. The van der Waals surface area contributed by atoms with E-state index in [4.69, 9.17) is 13.9 Å². The Labute approximate surface area is 84.4 Å². The van der Waals surface area contributed by atoms with Crippen molar-refractivity contribution in [1.82, 2.24) is 0 Å². The van der Waals surface area contributed by atoms with Gasteiger partial charge in [0.05, 0.1) is 13.2 Å². The summed E-state index contributed by atoms with van der Waals surface area (Å²) >= 11 is 0. The highest BCUT2D eigenvalue weighted by Crippen LogP contribution is 2.32. The van der Waals surface area contributed by atoms with Gasteiger partial charge in [0.1, 0.15) is 0 Å². The highest BCUT2D eigenvalue weighted by molar-refractivity contribution is 7.40. The van der Waals surface area contributed by atoms with Gasteiger partial charge in [0.2, 0.25) is 0 Å². The monoisotopic (exact) mass is 205 g/mol. The molecule has 5 heteroatoms. The lowest BCUT2D eigenvalue weighted by molar-refractivity contribution is 0.196. The molecule has 0 fully saturated rings. The molecule has 0 aliphatic carbocycles. The molecule has 0 rings (SSSR count). The Bertz CT molecular complexity index is 85.5. The number of hydrogen-bond acceptors (Lipinski definition) is 3. The average Bonchev–Trinajstić information content (AvgIpc) is 2.06. The third-order valence-electron chi connectivity index (χ3n) is 1.40. The van der Waals surface area contributed by atoms with Crippen molar-refractivity contribution in [3.8, 4) is 0 Å². The third-order valence-corrected chi connectivity index (χ3v) is 2.21. The van der Waals surface area contributed by atoms with Crippen LogP contribution in [0.5, 0.6) is 0 Å². The molecule has 0 atom stereocenters. The van der Waals surface area contributed by atoms with Gasteiger partial charge in [0.25, 0.3) is 0 Å². The summed E-state index contributed by atoms with van der Waals surface area (Å²) in [6.07, 6.45) is 4.13. The minimum Gasteiger partial charge on any atom is -0.328 e. The normalized spacial score (nSPS) is 10.2. The Hall–Kier alpha value is 0.375. The first-order chi connectivity index (χ1) is 5.81. The molecule has 0 aromatic carbocycles. The zero-order valence-corrected chi connectivity index (χ0v) is 9.43. The molecule has 0 amide bonds. The summed E-state index contributed by atoms with van der Waals surface area (Å²) < 4.78 is 10.1. The van der Waals surface area contributed by atoms with E-state index in [1.807, 2.05) is 0 Å². The first-order valence-corrected chi connectivity index (χ1v) is 5.69. The van der Waals surface area contributed by atoms with Crippen molar-refractivity contribution in [3.05, 3.63) is 0 Å². The van der Waals surface area contributed by atoms with Crippen molar-refractivity contribution in [1.29, 1.82) is 0 Å². The smallest absolute Gasteiger partial charge is 0.328 e. The second-order valence-electron chi connectivity index (χ2n) is 2.61. The summed E-state index contributed by atoms with van der Waals surface area (Å²) in [6.45, 7) is 5.37. The SMILES string of the molecule is CCCCOP(O)OCCCC.[B]. The van der Waals surface area contributed by atoms with E-state index in [9.17, 15) is 0 Å². The molecule has 0 aromatic rings. The maximum atomic E-state index is 9.12. The summed E-state index contributed by atoms with van der Waals surface area (Å²) in [5.74, 6) is 0. The lowest BCUT2D eigenvalue weighted by atomic mass is 10.4. The molecule has 3 nitrogen and oxygen atoms in total. The fraction of sp³-hybridized carbons (Fsp3) is 1.00. The van der Waals surface area contributed by atoms with Gasteiger partial charge < -0.3 is 13.9 Å². The van der Waals surface area contributed by atoms with Crippen LogP contribution >= 0.6 is 8.60 Å². The Balaban J connectivity index is 0. The fourth-order valence-electron chi connectivity index (χ4n) is 0.611. The van der Waals surface area contributed by atoms with Gasteiger partial charge in [-0.3, -0.25) is 0 Å². The largest absolute Gasteiger partial charge is 0.329 e. The summed E-state index contributed by atoms with van der Waals surface area (Å²) in [5.41, 5.74) is 0. The van der Waals surface area contributed by atoms with Crippen LogP contribution in [0, 0.1) is 0 Å². The van der Waals surface area contributed by atoms with E-state index in [1.54, 1.807) is 0 Å². The first kappa shape index (κ1) is 15.8. The molecule has 0 aromatic heterocycles. The third kappa shape index (κ3) is 12.4. The van der Waals surface area contributed by atoms with Crippen LogP contribution in [0.1, 0.15) is 39.5 Å². The predicted octanol–water partition coefficient (Wildman–Crippen LogP) is 2.46. The molecule has 0 spiro atoms. The van der Waals surface area contributed by atoms with Crippen LogP contribution in [0.2, 0.25) is 0 Å². The number of hydrogen-bond donors (Lipinski definition) is 1. The molecule has 0 unspecified atom stereocenters. The topological polar surface area (TPSA) is 38.7 Å². The average molecular weight is 205 g/mol. The van der Waals surface area contributed by atoms with E-state index in [-0.39, 0.29) is 8.41 Å². The Morgan fingerprint density at radius 1 is 1.00 bits per heavy atom. The summed E-state index contributed by atoms with van der Waals surface area (Å²) in [6, 6.07) is 0. The van der Waals surface area contributed by atoms with E-state index in [0.717, 1.165) is 25.7 Å². The maximum Gasteiger partial charge on any atom is 0.329 e. The molecule has 0 aliphatic heterocycles. The Kier molecular flexibility index (Phi) is 15.1. The van der Waals surface area contributed by atoms with E-state index >= 15 is 0 Å². The quantitative estimate of drug-likeness (QED) is 0.375. The molecule has 0 saturated heterocycles. The Morgan fingerprint density at radius 2 is 1.38 bits per heavy atom. The predicted molar refractivity (Wildman–Crippen MR) is 56.6 cm³/mol. The van der Waals surface area contributed by atoms with Crippen molar-refractivity contribution < 1.29 is 13.9 Å². The second-order valence-corrected chi connectivity index (χ2v) is 3.60. The minimum absolute atomic E-state index is 0. The van der Waals surface area contributed by atoms with Crippen molar-refractivity contribution >= 4 is 17.0 Å². The molecule has 77 valence electrons. The Morgan fingerprint density at radius 3 is 1.69 bits per heavy atom. The fourth-order valence-corrected chi connectivity index (χ4v) is 1.26. The van der Waals surface area contributed by atoms with Gasteiger partial charge in [-0.1, -0.05) is 26.7 Å². The van der Waals surface area contributed by atoms with Crippen LogP contribution in [0.25, 0.3) is 0 Å². The van der Waals surface area contributed by atoms with Crippen molar-refractivity contribution in [3.63, 3.8) is 0 Å². The molecule has 3 radical (unpaired) electrons. The van der Waals surface area contributed by atoms with Gasteiger partial charge in [0, 0.05) is 8.41 Å². The van der Waals surface area contributed by atoms with Crippen molar-refractivity contribution in [2.24, 2.45) is 0 Å². The van der Waals surface area contributed by atoms with Gasteiger partial charge in [-0.2, -0.15) is 0 Å². The van der Waals surface area contributed by atoms with Crippen LogP contribution in [-0.4, -0.2) is 26.5 Å². The zero-order valence-electron chi connectivity index (χ0n) is 8.53. The first-order valence-electron chi connectivity index (χ1n) is 4.56. The number of rotatable bonds is 8. The van der Waals surface area contributed by atoms with Gasteiger partial charge in [-0.25, -0.2) is 0 Å². The van der Waals surface area contributed by atoms with Gasteiger partial charge in [-0.15, -0.1) is 0 Å². The van der Waals surface area contributed by atoms with Gasteiger partial charge in [-0.05, 0) is 12.8 Å². The van der Waals surface area contributed by atoms with Crippen molar-refractivity contribution in [2.75, 3.05) is 13.2 Å². The molecule has 0 heterocycles. The maximum absolute atomic E-state index is 9.12. The lowest BCUT2D eigenvalue weighted by Crippen LogP contribution is -1.94. The van der Waals surface area contributed by atoms with E-state index in [0.29, 0.717) is 13.2 Å². The van der Waals surface area contributed by atoms with Crippen molar-refractivity contribution in [2.45, 2.75) is 39.5 Å². The molecule has 0 bridgehead atoms.